The lowest BCUT2D eigenvalue weighted by Gasteiger charge is -2.14. The number of nitrogens with one attached hydrogen (secondary N) is 1. The molecule has 6 heteroatoms. The summed E-state index contributed by atoms with van der Waals surface area (Å²) in [6.07, 6.45) is 6.63. The maximum atomic E-state index is 13.4. The minimum absolute atomic E-state index is 0.250. The quantitative estimate of drug-likeness (QED) is 0.590. The van der Waals surface area contributed by atoms with Crippen LogP contribution in [0.25, 0.3) is 33.5 Å². The van der Waals surface area contributed by atoms with Gasteiger partial charge in [0.2, 0.25) is 0 Å². The molecule has 3 aromatic heterocycles. The summed E-state index contributed by atoms with van der Waals surface area (Å²) >= 11 is 0. The normalized spacial score (nSPS) is 17.0. The van der Waals surface area contributed by atoms with Gasteiger partial charge in [-0.1, -0.05) is 0 Å². The zero-order valence-corrected chi connectivity index (χ0v) is 14.7. The van der Waals surface area contributed by atoms with E-state index in [4.69, 9.17) is 9.72 Å². The summed E-state index contributed by atoms with van der Waals surface area (Å²) in [4.78, 5) is 12.3. The molecule has 1 N–H and O–H groups in total. The van der Waals surface area contributed by atoms with Crippen molar-refractivity contribution in [1.82, 2.24) is 19.5 Å². The van der Waals surface area contributed by atoms with Gasteiger partial charge in [0.1, 0.15) is 11.5 Å². The smallest absolute Gasteiger partial charge is 0.137 e. The number of imidazole rings is 1. The highest BCUT2D eigenvalue weighted by molar-refractivity contribution is 5.95. The first-order chi connectivity index (χ1) is 13.3. The van der Waals surface area contributed by atoms with E-state index in [1.54, 1.807) is 18.3 Å². The van der Waals surface area contributed by atoms with Gasteiger partial charge >= 0.3 is 0 Å². The topological polar surface area (TPSA) is 55.7 Å². The molecular formula is C21H19FN4O. The Bertz CT molecular complexity index is 1080. The fraction of sp³-hybridized carbons (Fsp3) is 0.238. The summed E-state index contributed by atoms with van der Waals surface area (Å²) in [5.41, 5.74) is 4.68. The summed E-state index contributed by atoms with van der Waals surface area (Å²) < 4.78 is 21.2. The largest absolute Gasteiger partial charge is 0.381 e. The molecule has 1 fully saturated rings. The van der Waals surface area contributed by atoms with Gasteiger partial charge in [0, 0.05) is 48.0 Å². The van der Waals surface area contributed by atoms with Gasteiger partial charge in [0.05, 0.1) is 24.3 Å². The molecule has 27 heavy (non-hydrogen) atoms. The van der Waals surface area contributed by atoms with E-state index >= 15 is 0 Å². The van der Waals surface area contributed by atoms with E-state index in [1.807, 2.05) is 24.7 Å². The summed E-state index contributed by atoms with van der Waals surface area (Å²) in [7, 11) is 0. The maximum Gasteiger partial charge on any atom is 0.137 e. The molecule has 0 saturated carbocycles. The fourth-order valence-electron chi connectivity index (χ4n) is 3.79. The molecule has 1 aliphatic heterocycles. The molecule has 5 rings (SSSR count). The van der Waals surface area contributed by atoms with Crippen molar-refractivity contribution in [2.45, 2.75) is 13.0 Å². The standard InChI is InChI=1S/C21H19FN4O/c22-16-3-1-15(2-4-16)19-20(17-5-8-23-21-18(17)6-9-24-21)26(13-25-19)11-14-7-10-27-12-14/h1-6,8-9,13-14H,7,10-12H2,(H,23,24). The second kappa shape index (κ2) is 6.63. The highest BCUT2D eigenvalue weighted by Gasteiger charge is 2.22. The van der Waals surface area contributed by atoms with Crippen LogP contribution >= 0.6 is 0 Å². The number of halogens is 1. The maximum absolute atomic E-state index is 13.4. The van der Waals surface area contributed by atoms with Crippen LogP contribution in [0, 0.1) is 11.7 Å². The van der Waals surface area contributed by atoms with Gasteiger partial charge in [-0.3, -0.25) is 0 Å². The Hall–Kier alpha value is -2.99. The Morgan fingerprint density at radius 3 is 2.85 bits per heavy atom. The lowest BCUT2D eigenvalue weighted by molar-refractivity contribution is 0.182. The number of hydrogen-bond donors (Lipinski definition) is 1. The first kappa shape index (κ1) is 16.2. The van der Waals surface area contributed by atoms with Crippen molar-refractivity contribution in [1.29, 1.82) is 0 Å². The van der Waals surface area contributed by atoms with Gasteiger partial charge < -0.3 is 14.3 Å². The first-order valence-electron chi connectivity index (χ1n) is 9.11. The van der Waals surface area contributed by atoms with Gasteiger partial charge in [0.25, 0.3) is 0 Å². The predicted molar refractivity (Wildman–Crippen MR) is 102 cm³/mol. The van der Waals surface area contributed by atoms with Crippen molar-refractivity contribution in [2.24, 2.45) is 5.92 Å². The van der Waals surface area contributed by atoms with E-state index in [2.05, 4.69) is 14.5 Å². The van der Waals surface area contributed by atoms with Crippen LogP contribution in [0.5, 0.6) is 0 Å². The van der Waals surface area contributed by atoms with Crippen molar-refractivity contribution in [3.8, 4) is 22.5 Å². The van der Waals surface area contributed by atoms with Gasteiger partial charge in [-0.15, -0.1) is 0 Å². The number of benzene rings is 1. The molecule has 1 atom stereocenters. The van der Waals surface area contributed by atoms with Crippen molar-refractivity contribution >= 4 is 11.0 Å². The van der Waals surface area contributed by atoms with Gasteiger partial charge in [0.15, 0.2) is 0 Å². The molecule has 5 nitrogen and oxygen atoms in total. The van der Waals surface area contributed by atoms with Crippen molar-refractivity contribution in [3.05, 3.63) is 60.9 Å². The van der Waals surface area contributed by atoms with E-state index in [-0.39, 0.29) is 5.82 Å². The fourth-order valence-corrected chi connectivity index (χ4v) is 3.79. The van der Waals surface area contributed by atoms with Crippen LogP contribution in [-0.2, 0) is 11.3 Å². The van der Waals surface area contributed by atoms with Crippen LogP contribution in [0.3, 0.4) is 0 Å². The molecule has 0 aliphatic carbocycles. The third kappa shape index (κ3) is 2.92. The number of nitrogens with zero attached hydrogens (tertiary/aromatic N) is 3. The Morgan fingerprint density at radius 2 is 2.04 bits per heavy atom. The zero-order chi connectivity index (χ0) is 18.2. The molecule has 1 saturated heterocycles. The third-order valence-corrected chi connectivity index (χ3v) is 5.15. The molecule has 0 spiro atoms. The number of aromatic nitrogens is 4. The highest BCUT2D eigenvalue weighted by atomic mass is 19.1. The van der Waals surface area contributed by atoms with Gasteiger partial charge in [-0.25, -0.2) is 14.4 Å². The van der Waals surface area contributed by atoms with Crippen LogP contribution in [0.4, 0.5) is 4.39 Å². The molecular weight excluding hydrogens is 343 g/mol. The SMILES string of the molecule is Fc1ccc(-c2ncn(CC3CCOC3)c2-c2ccnc3[nH]ccc23)cc1. The number of ether oxygens (including phenoxy) is 1. The summed E-state index contributed by atoms with van der Waals surface area (Å²) in [5.74, 6) is 0.224. The van der Waals surface area contributed by atoms with Crippen LogP contribution in [0.1, 0.15) is 6.42 Å². The summed E-state index contributed by atoms with van der Waals surface area (Å²) in [5, 5.41) is 1.05. The Kier molecular flexibility index (Phi) is 3.98. The second-order valence-electron chi connectivity index (χ2n) is 6.93. The minimum atomic E-state index is -0.250. The molecule has 136 valence electrons. The van der Waals surface area contributed by atoms with E-state index in [9.17, 15) is 4.39 Å². The zero-order valence-electron chi connectivity index (χ0n) is 14.7. The summed E-state index contributed by atoms with van der Waals surface area (Å²) in [6.45, 7) is 2.44. The number of H-pyrrole nitrogens is 1. The molecule has 4 heterocycles. The lowest BCUT2D eigenvalue weighted by atomic mass is 10.0. The average molecular weight is 362 g/mol. The van der Waals surface area contributed by atoms with Crippen molar-refractivity contribution in [2.75, 3.05) is 13.2 Å². The first-order valence-corrected chi connectivity index (χ1v) is 9.11. The van der Waals surface area contributed by atoms with Crippen molar-refractivity contribution in [3.63, 3.8) is 0 Å². The molecule has 0 radical (unpaired) electrons. The van der Waals surface area contributed by atoms with Crippen molar-refractivity contribution < 1.29 is 9.13 Å². The summed E-state index contributed by atoms with van der Waals surface area (Å²) in [6, 6.07) is 10.5. The van der Waals surface area contributed by atoms with Crippen LogP contribution in [0.2, 0.25) is 0 Å². The Labute approximate surface area is 155 Å². The number of hydrogen-bond acceptors (Lipinski definition) is 3. The van der Waals surface area contributed by atoms with Gasteiger partial charge in [-0.2, -0.15) is 0 Å². The number of aromatic amines is 1. The molecule has 1 unspecified atom stereocenters. The highest BCUT2D eigenvalue weighted by Crippen LogP contribution is 2.35. The van der Waals surface area contributed by atoms with Crippen LogP contribution in [0.15, 0.2) is 55.1 Å². The van der Waals surface area contributed by atoms with E-state index < -0.39 is 0 Å². The number of rotatable bonds is 4. The Morgan fingerprint density at radius 1 is 1.15 bits per heavy atom. The molecule has 0 amide bonds. The Balaban J connectivity index is 1.69. The van der Waals surface area contributed by atoms with Crippen LogP contribution < -0.4 is 0 Å². The van der Waals surface area contributed by atoms with E-state index in [0.717, 1.165) is 59.7 Å². The van der Waals surface area contributed by atoms with E-state index in [0.29, 0.717) is 5.92 Å². The molecule has 4 aromatic rings. The second-order valence-corrected chi connectivity index (χ2v) is 6.93. The number of fused-ring (bicyclic) bond motifs is 1. The average Bonchev–Trinajstić information content (AvgIpc) is 3.43. The van der Waals surface area contributed by atoms with E-state index in [1.165, 1.54) is 12.1 Å². The lowest BCUT2D eigenvalue weighted by Crippen LogP contribution is -2.11. The number of pyridine rings is 1. The molecule has 1 aliphatic rings. The molecule has 0 bridgehead atoms. The monoisotopic (exact) mass is 362 g/mol. The minimum Gasteiger partial charge on any atom is -0.381 e. The van der Waals surface area contributed by atoms with Crippen LogP contribution in [-0.4, -0.2) is 32.7 Å². The van der Waals surface area contributed by atoms with Gasteiger partial charge in [-0.05, 0) is 42.8 Å². The third-order valence-electron chi connectivity index (χ3n) is 5.15. The predicted octanol–water partition coefficient (Wildman–Crippen LogP) is 4.27. The molecule has 1 aromatic carbocycles.